The molecule has 0 bridgehead atoms. The number of thiazole rings is 1. The van der Waals surface area contributed by atoms with Crippen LogP contribution in [0.3, 0.4) is 0 Å². The molecule has 0 aliphatic carbocycles. The summed E-state index contributed by atoms with van der Waals surface area (Å²) >= 11 is 4.37. The Kier molecular flexibility index (Phi) is 4.72. The largest absolute Gasteiger partial charge is 0.508 e. The molecule has 0 aliphatic heterocycles. The molecule has 4 rings (SSSR count). The van der Waals surface area contributed by atoms with E-state index in [4.69, 9.17) is 0 Å². The molecular formula is C19H11BrF3N3OS. The molecule has 142 valence electrons. The second-order valence-corrected chi connectivity index (χ2v) is 7.65. The highest BCUT2D eigenvalue weighted by Crippen LogP contribution is 2.35. The molecule has 0 unspecified atom stereocenters. The number of aromatic nitrogens is 3. The minimum atomic E-state index is -4.58. The minimum Gasteiger partial charge on any atom is -0.508 e. The molecule has 28 heavy (non-hydrogen) atoms. The van der Waals surface area contributed by atoms with Crippen molar-refractivity contribution in [3.8, 4) is 33.4 Å². The summed E-state index contributed by atoms with van der Waals surface area (Å²) < 4.78 is 42.4. The van der Waals surface area contributed by atoms with Crippen LogP contribution in [0.15, 0.2) is 64.5 Å². The van der Waals surface area contributed by atoms with E-state index in [1.54, 1.807) is 41.8 Å². The summed E-state index contributed by atoms with van der Waals surface area (Å²) in [6.07, 6.45) is -4.58. The second kappa shape index (κ2) is 7.06. The third kappa shape index (κ3) is 3.67. The van der Waals surface area contributed by atoms with E-state index in [1.807, 2.05) is 0 Å². The van der Waals surface area contributed by atoms with Crippen molar-refractivity contribution in [2.24, 2.45) is 0 Å². The van der Waals surface area contributed by atoms with Gasteiger partial charge in [-0.3, -0.25) is 0 Å². The van der Waals surface area contributed by atoms with Gasteiger partial charge in [-0.2, -0.15) is 18.3 Å². The van der Waals surface area contributed by atoms with Crippen molar-refractivity contribution in [1.82, 2.24) is 14.8 Å². The Balaban J connectivity index is 1.78. The second-order valence-electron chi connectivity index (χ2n) is 5.89. The number of aromatic hydroxyl groups is 1. The lowest BCUT2D eigenvalue weighted by Crippen LogP contribution is -2.13. The molecule has 0 radical (unpaired) electrons. The van der Waals surface area contributed by atoms with Gasteiger partial charge in [-0.1, -0.05) is 28.1 Å². The molecule has 0 amide bonds. The van der Waals surface area contributed by atoms with Crippen LogP contribution in [-0.4, -0.2) is 19.9 Å². The zero-order valence-corrected chi connectivity index (χ0v) is 16.4. The van der Waals surface area contributed by atoms with Crippen LogP contribution in [0.2, 0.25) is 0 Å². The van der Waals surface area contributed by atoms with E-state index < -0.39 is 11.9 Å². The van der Waals surface area contributed by atoms with E-state index in [-0.39, 0.29) is 16.6 Å². The van der Waals surface area contributed by atoms with Gasteiger partial charge < -0.3 is 5.11 Å². The average molecular weight is 466 g/mol. The normalized spacial score (nSPS) is 11.7. The first kappa shape index (κ1) is 18.7. The van der Waals surface area contributed by atoms with Crippen LogP contribution in [0.5, 0.6) is 5.75 Å². The van der Waals surface area contributed by atoms with E-state index in [1.165, 1.54) is 12.1 Å². The molecule has 0 saturated carbocycles. The van der Waals surface area contributed by atoms with Gasteiger partial charge in [0, 0.05) is 21.0 Å². The van der Waals surface area contributed by atoms with Crippen LogP contribution >= 0.6 is 27.3 Å². The summed E-state index contributed by atoms with van der Waals surface area (Å²) in [7, 11) is 0. The zero-order valence-electron chi connectivity index (χ0n) is 14.0. The van der Waals surface area contributed by atoms with E-state index in [2.05, 4.69) is 26.0 Å². The maximum Gasteiger partial charge on any atom is 0.433 e. The lowest BCUT2D eigenvalue weighted by Gasteiger charge is -2.07. The van der Waals surface area contributed by atoms with Crippen molar-refractivity contribution >= 4 is 27.3 Å². The molecule has 1 N–H and O–H groups in total. The lowest BCUT2D eigenvalue weighted by molar-refractivity contribution is -0.142. The van der Waals surface area contributed by atoms with Crippen molar-refractivity contribution < 1.29 is 18.3 Å². The van der Waals surface area contributed by atoms with Gasteiger partial charge in [0.05, 0.1) is 11.4 Å². The summed E-state index contributed by atoms with van der Waals surface area (Å²) in [6.45, 7) is 0. The third-order valence-corrected chi connectivity index (χ3v) is 5.32. The maximum absolute atomic E-state index is 13.6. The first-order valence-corrected chi connectivity index (χ1v) is 9.67. The first-order chi connectivity index (χ1) is 13.3. The van der Waals surface area contributed by atoms with E-state index in [0.29, 0.717) is 16.8 Å². The molecule has 0 spiro atoms. The van der Waals surface area contributed by atoms with E-state index in [0.717, 1.165) is 26.6 Å². The number of hydrogen-bond donors (Lipinski definition) is 1. The fourth-order valence-electron chi connectivity index (χ4n) is 2.62. The van der Waals surface area contributed by atoms with Crippen LogP contribution in [0, 0.1) is 0 Å². The highest BCUT2D eigenvalue weighted by molar-refractivity contribution is 9.10. The average Bonchev–Trinajstić information content (AvgIpc) is 3.30. The van der Waals surface area contributed by atoms with Crippen molar-refractivity contribution in [2.45, 2.75) is 6.18 Å². The first-order valence-electron chi connectivity index (χ1n) is 8.00. The number of nitrogens with zero attached hydrogens (tertiary/aromatic N) is 3. The Morgan fingerprint density at radius 1 is 0.929 bits per heavy atom. The molecule has 0 fully saturated rings. The van der Waals surface area contributed by atoms with Crippen LogP contribution in [0.25, 0.3) is 27.6 Å². The van der Waals surface area contributed by atoms with Gasteiger partial charge in [-0.05, 0) is 42.5 Å². The Bertz CT molecular complexity index is 1120. The van der Waals surface area contributed by atoms with Crippen LogP contribution in [0.1, 0.15) is 5.69 Å². The van der Waals surface area contributed by atoms with E-state index in [9.17, 15) is 18.3 Å². The molecule has 4 aromatic rings. The predicted octanol–water partition coefficient (Wildman–Crippen LogP) is 6.15. The zero-order chi connectivity index (χ0) is 19.9. The predicted molar refractivity (Wildman–Crippen MR) is 104 cm³/mol. The smallest absolute Gasteiger partial charge is 0.433 e. The van der Waals surface area contributed by atoms with Crippen LogP contribution < -0.4 is 0 Å². The standard InChI is InChI=1S/C19H11BrF3N3OS/c20-13-5-1-11(2-6-13)15-9-17(19(21,22)23)26(25-15)18-24-16(10-28-18)12-3-7-14(27)8-4-12/h1-10,27H. The lowest BCUT2D eigenvalue weighted by atomic mass is 10.1. The monoisotopic (exact) mass is 465 g/mol. The van der Waals surface area contributed by atoms with Gasteiger partial charge in [-0.25, -0.2) is 9.67 Å². The molecule has 2 aromatic heterocycles. The van der Waals surface area contributed by atoms with Gasteiger partial charge in [0.2, 0.25) is 5.13 Å². The Labute approximate surface area is 170 Å². The highest BCUT2D eigenvalue weighted by atomic mass is 79.9. The van der Waals surface area contributed by atoms with Gasteiger partial charge in [0.1, 0.15) is 5.75 Å². The number of phenolic OH excluding ortho intramolecular Hbond substituents is 1. The molecule has 0 saturated heterocycles. The van der Waals surface area contributed by atoms with Gasteiger partial charge in [-0.15, -0.1) is 11.3 Å². The summed E-state index contributed by atoms with van der Waals surface area (Å²) in [5, 5.41) is 15.3. The quantitative estimate of drug-likeness (QED) is 0.394. The fourth-order valence-corrected chi connectivity index (χ4v) is 3.68. The van der Waals surface area contributed by atoms with Gasteiger partial charge in [0.15, 0.2) is 5.69 Å². The number of phenols is 1. The number of alkyl halides is 3. The van der Waals surface area contributed by atoms with Crippen molar-refractivity contribution in [2.75, 3.05) is 0 Å². The maximum atomic E-state index is 13.6. The highest BCUT2D eigenvalue weighted by Gasteiger charge is 2.37. The number of benzene rings is 2. The van der Waals surface area contributed by atoms with Crippen molar-refractivity contribution in [3.05, 3.63) is 70.1 Å². The molecule has 2 heterocycles. The Morgan fingerprint density at radius 3 is 2.18 bits per heavy atom. The molecular weight excluding hydrogens is 455 g/mol. The number of halogens is 4. The summed E-state index contributed by atoms with van der Waals surface area (Å²) in [4.78, 5) is 4.31. The Morgan fingerprint density at radius 2 is 1.54 bits per heavy atom. The minimum absolute atomic E-state index is 0.102. The number of hydrogen-bond acceptors (Lipinski definition) is 4. The fraction of sp³-hybridized carbons (Fsp3) is 0.0526. The van der Waals surface area contributed by atoms with Gasteiger partial charge in [0.25, 0.3) is 0 Å². The van der Waals surface area contributed by atoms with E-state index >= 15 is 0 Å². The summed E-state index contributed by atoms with van der Waals surface area (Å²) in [5.74, 6) is 0.102. The molecule has 4 nitrogen and oxygen atoms in total. The molecule has 9 heteroatoms. The third-order valence-electron chi connectivity index (χ3n) is 3.98. The van der Waals surface area contributed by atoms with Crippen molar-refractivity contribution in [1.29, 1.82) is 0 Å². The van der Waals surface area contributed by atoms with Crippen LogP contribution in [-0.2, 0) is 6.18 Å². The number of rotatable bonds is 3. The van der Waals surface area contributed by atoms with Crippen molar-refractivity contribution in [3.63, 3.8) is 0 Å². The SMILES string of the molecule is Oc1ccc(-c2csc(-n3nc(-c4ccc(Br)cc4)cc3C(F)(F)F)n2)cc1. The summed E-state index contributed by atoms with van der Waals surface area (Å²) in [5.41, 5.74) is 1.09. The summed E-state index contributed by atoms with van der Waals surface area (Å²) in [6, 6.07) is 14.2. The van der Waals surface area contributed by atoms with Crippen LogP contribution in [0.4, 0.5) is 13.2 Å². The Hall–Kier alpha value is -2.65. The van der Waals surface area contributed by atoms with Gasteiger partial charge >= 0.3 is 6.18 Å². The molecule has 0 aliphatic rings. The molecule has 0 atom stereocenters. The molecule has 2 aromatic carbocycles. The topological polar surface area (TPSA) is 50.9 Å².